The molecule has 1 saturated heterocycles. The van der Waals surface area contributed by atoms with E-state index < -0.39 is 23.5 Å². The van der Waals surface area contributed by atoms with Crippen molar-refractivity contribution in [1.82, 2.24) is 10.3 Å². The second-order valence-corrected chi connectivity index (χ2v) is 8.51. The van der Waals surface area contributed by atoms with Crippen LogP contribution in [0.25, 0.3) is 22.2 Å². The number of pyridine rings is 1. The number of rotatable bonds is 8. The number of methoxy groups -OCH3 is 2. The van der Waals surface area contributed by atoms with Gasteiger partial charge in [-0.15, -0.1) is 0 Å². The number of carboxylic acids is 1. The smallest absolute Gasteiger partial charge is 0.326 e. The van der Waals surface area contributed by atoms with Crippen LogP contribution in [-0.4, -0.2) is 54.4 Å². The maximum Gasteiger partial charge on any atom is 0.326 e. The Balaban J connectivity index is 1.58. The SMILES string of the molecule is COc1cccc(OC)c1-c1ccc2cc(C[C@H](NC(=O)[C@@]3(C)CCCO3)C(=O)O)ccc2n1. The monoisotopic (exact) mass is 464 g/mol. The van der Waals surface area contributed by atoms with Crippen LogP contribution < -0.4 is 14.8 Å². The van der Waals surface area contributed by atoms with Gasteiger partial charge < -0.3 is 24.6 Å². The molecule has 0 aliphatic carbocycles. The van der Waals surface area contributed by atoms with Gasteiger partial charge in [-0.1, -0.05) is 18.2 Å². The van der Waals surface area contributed by atoms with E-state index >= 15 is 0 Å². The van der Waals surface area contributed by atoms with Crippen LogP contribution >= 0.6 is 0 Å². The summed E-state index contributed by atoms with van der Waals surface area (Å²) in [5.41, 5.74) is 2.01. The van der Waals surface area contributed by atoms with E-state index in [1.807, 2.05) is 48.5 Å². The summed E-state index contributed by atoms with van der Waals surface area (Å²) < 4.78 is 16.5. The van der Waals surface area contributed by atoms with Crippen LogP contribution in [0.1, 0.15) is 25.3 Å². The first-order valence-electron chi connectivity index (χ1n) is 11.1. The predicted octanol–water partition coefficient (Wildman–Crippen LogP) is 3.60. The highest BCUT2D eigenvalue weighted by Gasteiger charge is 2.39. The molecule has 2 heterocycles. The fraction of sp³-hybridized carbons (Fsp3) is 0.346. The van der Waals surface area contributed by atoms with Gasteiger partial charge in [0.2, 0.25) is 0 Å². The molecular weight excluding hydrogens is 436 g/mol. The molecule has 0 saturated carbocycles. The number of nitrogens with one attached hydrogen (secondary N) is 1. The molecule has 4 rings (SSSR count). The molecule has 8 heteroatoms. The maximum absolute atomic E-state index is 12.6. The molecule has 2 aromatic carbocycles. The molecule has 0 spiro atoms. The van der Waals surface area contributed by atoms with Crippen LogP contribution in [0.5, 0.6) is 11.5 Å². The van der Waals surface area contributed by atoms with Gasteiger partial charge in [-0.05, 0) is 55.7 Å². The maximum atomic E-state index is 12.6. The summed E-state index contributed by atoms with van der Waals surface area (Å²) in [4.78, 5) is 29.2. The first kappa shape index (κ1) is 23.5. The van der Waals surface area contributed by atoms with Crippen molar-refractivity contribution < 1.29 is 28.9 Å². The highest BCUT2D eigenvalue weighted by Crippen LogP contribution is 2.37. The molecule has 1 fully saturated rings. The van der Waals surface area contributed by atoms with Crippen molar-refractivity contribution >= 4 is 22.8 Å². The van der Waals surface area contributed by atoms with Crippen molar-refractivity contribution in [3.8, 4) is 22.8 Å². The molecule has 2 N–H and O–H groups in total. The summed E-state index contributed by atoms with van der Waals surface area (Å²) in [7, 11) is 3.20. The summed E-state index contributed by atoms with van der Waals surface area (Å²) in [5.74, 6) is -0.173. The molecule has 3 aromatic rings. The van der Waals surface area contributed by atoms with E-state index in [0.29, 0.717) is 30.2 Å². The normalized spacial score (nSPS) is 18.4. The number of carbonyl (C=O) groups is 2. The zero-order chi connectivity index (χ0) is 24.3. The highest BCUT2D eigenvalue weighted by atomic mass is 16.5. The van der Waals surface area contributed by atoms with E-state index in [1.54, 1.807) is 21.1 Å². The number of carboxylic acid groups (broad SMARTS) is 1. The van der Waals surface area contributed by atoms with Crippen LogP contribution in [-0.2, 0) is 20.7 Å². The lowest BCUT2D eigenvalue weighted by atomic mass is 9.99. The Morgan fingerprint density at radius 3 is 2.50 bits per heavy atom. The summed E-state index contributed by atoms with van der Waals surface area (Å²) in [6.07, 6.45) is 1.50. The molecule has 2 atom stereocenters. The minimum absolute atomic E-state index is 0.148. The molecule has 0 radical (unpaired) electrons. The van der Waals surface area contributed by atoms with E-state index in [9.17, 15) is 14.7 Å². The topological polar surface area (TPSA) is 107 Å². The quantitative estimate of drug-likeness (QED) is 0.525. The first-order valence-corrected chi connectivity index (χ1v) is 11.1. The molecule has 1 aromatic heterocycles. The second-order valence-electron chi connectivity index (χ2n) is 8.51. The Bertz CT molecular complexity index is 1200. The molecule has 1 amide bonds. The number of hydrogen-bond acceptors (Lipinski definition) is 6. The van der Waals surface area contributed by atoms with Gasteiger partial charge in [0.05, 0.1) is 31.0 Å². The predicted molar refractivity (Wildman–Crippen MR) is 127 cm³/mol. The number of ether oxygens (including phenoxy) is 3. The second kappa shape index (κ2) is 9.69. The minimum Gasteiger partial charge on any atom is -0.496 e. The fourth-order valence-corrected chi connectivity index (χ4v) is 4.25. The Hall–Kier alpha value is -3.65. The van der Waals surface area contributed by atoms with Crippen LogP contribution in [0.4, 0.5) is 0 Å². The van der Waals surface area contributed by atoms with Gasteiger partial charge >= 0.3 is 5.97 Å². The number of carbonyl (C=O) groups excluding carboxylic acids is 1. The highest BCUT2D eigenvalue weighted by molar-refractivity contribution is 5.89. The Kier molecular flexibility index (Phi) is 6.70. The lowest BCUT2D eigenvalue weighted by molar-refractivity contribution is -0.147. The molecule has 0 bridgehead atoms. The van der Waals surface area contributed by atoms with Crippen LogP contribution in [0.3, 0.4) is 0 Å². The van der Waals surface area contributed by atoms with Gasteiger partial charge in [-0.25, -0.2) is 9.78 Å². The van der Waals surface area contributed by atoms with Gasteiger partial charge in [0.25, 0.3) is 5.91 Å². The van der Waals surface area contributed by atoms with Crippen molar-refractivity contribution in [2.24, 2.45) is 0 Å². The minimum atomic E-state index is -1.09. The third kappa shape index (κ3) is 4.68. The third-order valence-electron chi connectivity index (χ3n) is 6.18. The van der Waals surface area contributed by atoms with Crippen molar-refractivity contribution in [1.29, 1.82) is 0 Å². The zero-order valence-electron chi connectivity index (χ0n) is 19.5. The summed E-state index contributed by atoms with van der Waals surface area (Å²) >= 11 is 0. The lowest BCUT2D eigenvalue weighted by Gasteiger charge is -2.24. The molecule has 0 unspecified atom stereocenters. The van der Waals surface area contributed by atoms with Crippen molar-refractivity contribution in [3.63, 3.8) is 0 Å². The number of aromatic nitrogens is 1. The average molecular weight is 465 g/mol. The average Bonchev–Trinajstić information content (AvgIpc) is 3.30. The van der Waals surface area contributed by atoms with E-state index in [0.717, 1.165) is 28.5 Å². The Labute approximate surface area is 197 Å². The number of hydrogen-bond donors (Lipinski definition) is 2. The largest absolute Gasteiger partial charge is 0.496 e. The van der Waals surface area contributed by atoms with Crippen molar-refractivity contribution in [2.75, 3.05) is 20.8 Å². The first-order chi connectivity index (χ1) is 16.3. The summed E-state index contributed by atoms with van der Waals surface area (Å²) in [6.45, 7) is 2.20. The van der Waals surface area contributed by atoms with Crippen LogP contribution in [0, 0.1) is 0 Å². The van der Waals surface area contributed by atoms with Gasteiger partial charge in [0, 0.05) is 18.4 Å². The molecule has 34 heavy (non-hydrogen) atoms. The van der Waals surface area contributed by atoms with E-state index in [2.05, 4.69) is 5.32 Å². The van der Waals surface area contributed by atoms with Crippen LogP contribution in [0.15, 0.2) is 48.5 Å². The van der Waals surface area contributed by atoms with Gasteiger partial charge in [-0.2, -0.15) is 0 Å². The van der Waals surface area contributed by atoms with E-state index in [1.165, 1.54) is 0 Å². The summed E-state index contributed by atoms with van der Waals surface area (Å²) in [5, 5.41) is 13.2. The van der Waals surface area contributed by atoms with Gasteiger partial charge in [-0.3, -0.25) is 4.79 Å². The molecule has 178 valence electrons. The van der Waals surface area contributed by atoms with Crippen molar-refractivity contribution in [3.05, 3.63) is 54.1 Å². The van der Waals surface area contributed by atoms with Gasteiger partial charge in [0.1, 0.15) is 23.1 Å². The Morgan fingerprint density at radius 1 is 1.15 bits per heavy atom. The van der Waals surface area contributed by atoms with Crippen molar-refractivity contribution in [2.45, 2.75) is 37.8 Å². The fourth-order valence-electron chi connectivity index (χ4n) is 4.25. The van der Waals surface area contributed by atoms with E-state index in [-0.39, 0.29) is 6.42 Å². The molecule has 1 aliphatic rings. The number of amides is 1. The summed E-state index contributed by atoms with van der Waals surface area (Å²) in [6, 6.07) is 13.9. The molecule has 1 aliphatic heterocycles. The zero-order valence-corrected chi connectivity index (χ0v) is 19.5. The Morgan fingerprint density at radius 2 is 1.88 bits per heavy atom. The number of benzene rings is 2. The number of nitrogens with zero attached hydrogens (tertiary/aromatic N) is 1. The van der Waals surface area contributed by atoms with Gasteiger partial charge in [0.15, 0.2) is 0 Å². The lowest BCUT2D eigenvalue weighted by Crippen LogP contribution is -2.51. The molecule has 8 nitrogen and oxygen atoms in total. The third-order valence-corrected chi connectivity index (χ3v) is 6.18. The number of fused-ring (bicyclic) bond motifs is 1. The van der Waals surface area contributed by atoms with Crippen LogP contribution in [0.2, 0.25) is 0 Å². The molecular formula is C26H28N2O6. The standard InChI is InChI=1S/C26H28N2O6/c1-26(12-5-13-34-26)25(31)28-20(24(29)30)15-16-8-10-18-17(14-16)9-11-19(27-18)23-21(32-2)6-4-7-22(23)33-3/h4,6-11,14,20H,5,12-13,15H2,1-3H3,(H,28,31)(H,29,30)/t20-,26+/m0/s1. The van der Waals surface area contributed by atoms with E-state index in [4.69, 9.17) is 19.2 Å². The number of aliphatic carboxylic acids is 1.